The Morgan fingerprint density at radius 3 is 3.05 bits per heavy atom. The molecule has 0 saturated carbocycles. The van der Waals surface area contributed by atoms with Crippen LogP contribution in [0.15, 0.2) is 30.7 Å². The molecule has 0 amide bonds. The highest BCUT2D eigenvalue weighted by Gasteiger charge is 2.12. The predicted octanol–water partition coefficient (Wildman–Crippen LogP) is 1.93. The van der Waals surface area contributed by atoms with Gasteiger partial charge < -0.3 is 14.5 Å². The first-order valence-corrected chi connectivity index (χ1v) is 6.15. The topological polar surface area (TPSA) is 96.7 Å². The fourth-order valence-electron chi connectivity index (χ4n) is 1.96. The Morgan fingerprint density at radius 1 is 1.38 bits per heavy atom. The Hall–Kier alpha value is -3.14. The number of nitriles is 1. The highest BCUT2D eigenvalue weighted by molar-refractivity contribution is 5.77. The largest absolute Gasteiger partial charge is 0.496 e. The maximum absolute atomic E-state index is 8.53. The van der Waals surface area contributed by atoms with Crippen molar-refractivity contribution in [2.24, 2.45) is 0 Å². The monoisotopic (exact) mass is 281 g/mol. The predicted molar refractivity (Wildman–Crippen MR) is 74.8 cm³/mol. The van der Waals surface area contributed by atoms with Gasteiger partial charge in [0.15, 0.2) is 12.3 Å². The molecular weight excluding hydrogens is 270 g/mol. The van der Waals surface area contributed by atoms with Crippen LogP contribution in [-0.4, -0.2) is 33.7 Å². The summed E-state index contributed by atoms with van der Waals surface area (Å²) in [5, 5.41) is 8.53. The van der Waals surface area contributed by atoms with Crippen molar-refractivity contribution in [2.45, 2.75) is 0 Å². The normalized spacial score (nSPS) is 10.3. The van der Waals surface area contributed by atoms with E-state index in [2.05, 4.69) is 19.9 Å². The first-order chi connectivity index (χ1) is 10.3. The molecule has 0 saturated heterocycles. The van der Waals surface area contributed by atoms with Crippen LogP contribution in [0.25, 0.3) is 22.6 Å². The average molecular weight is 281 g/mol. The van der Waals surface area contributed by atoms with Crippen molar-refractivity contribution >= 4 is 11.2 Å². The number of aromatic amines is 1. The summed E-state index contributed by atoms with van der Waals surface area (Å²) in [5.74, 6) is 1.79. The summed E-state index contributed by atoms with van der Waals surface area (Å²) in [4.78, 5) is 15.6. The van der Waals surface area contributed by atoms with Crippen molar-refractivity contribution in [1.82, 2.24) is 19.9 Å². The third kappa shape index (κ3) is 2.47. The number of benzene rings is 1. The summed E-state index contributed by atoms with van der Waals surface area (Å²) in [6, 6.07) is 7.21. The van der Waals surface area contributed by atoms with Crippen molar-refractivity contribution in [3.63, 3.8) is 0 Å². The number of aromatic nitrogens is 4. The molecule has 0 bridgehead atoms. The van der Waals surface area contributed by atoms with Crippen molar-refractivity contribution in [1.29, 1.82) is 5.26 Å². The molecule has 7 nitrogen and oxygen atoms in total. The first kappa shape index (κ1) is 12.9. The molecule has 0 atom stereocenters. The van der Waals surface area contributed by atoms with Gasteiger partial charge in [-0.1, -0.05) is 0 Å². The van der Waals surface area contributed by atoms with Crippen LogP contribution >= 0.6 is 0 Å². The Bertz CT molecular complexity index is 789. The SMILES string of the molecule is COc1cc(OCC#N)ccc1-c1nc2ncncc2[nH]1. The van der Waals surface area contributed by atoms with Crippen LogP contribution in [0.3, 0.4) is 0 Å². The van der Waals surface area contributed by atoms with Crippen molar-refractivity contribution < 1.29 is 9.47 Å². The summed E-state index contributed by atoms with van der Waals surface area (Å²) in [6.07, 6.45) is 3.11. The number of hydrogen-bond donors (Lipinski definition) is 1. The van der Waals surface area contributed by atoms with Gasteiger partial charge in [0.05, 0.1) is 18.9 Å². The van der Waals surface area contributed by atoms with E-state index in [9.17, 15) is 0 Å². The zero-order valence-electron chi connectivity index (χ0n) is 11.2. The quantitative estimate of drug-likeness (QED) is 0.784. The highest BCUT2D eigenvalue weighted by atomic mass is 16.5. The fourth-order valence-corrected chi connectivity index (χ4v) is 1.96. The zero-order valence-corrected chi connectivity index (χ0v) is 11.2. The number of methoxy groups -OCH3 is 1. The minimum Gasteiger partial charge on any atom is -0.496 e. The van der Waals surface area contributed by atoms with Crippen LogP contribution in [0, 0.1) is 11.3 Å². The van der Waals surface area contributed by atoms with Gasteiger partial charge in [-0.05, 0) is 12.1 Å². The number of rotatable bonds is 4. The molecule has 3 aromatic rings. The molecule has 1 aromatic carbocycles. The highest BCUT2D eigenvalue weighted by Crippen LogP contribution is 2.32. The van der Waals surface area contributed by atoms with E-state index < -0.39 is 0 Å². The molecule has 0 unspecified atom stereocenters. The van der Waals surface area contributed by atoms with Gasteiger partial charge in [0.25, 0.3) is 0 Å². The van der Waals surface area contributed by atoms with Crippen LogP contribution < -0.4 is 9.47 Å². The van der Waals surface area contributed by atoms with Crippen molar-refractivity contribution in [3.05, 3.63) is 30.7 Å². The summed E-state index contributed by atoms with van der Waals surface area (Å²) in [7, 11) is 1.56. The first-order valence-electron chi connectivity index (χ1n) is 6.15. The van der Waals surface area contributed by atoms with Gasteiger partial charge in [-0.2, -0.15) is 5.26 Å². The van der Waals surface area contributed by atoms with Crippen LogP contribution in [-0.2, 0) is 0 Å². The van der Waals surface area contributed by atoms with Gasteiger partial charge in [0, 0.05) is 6.07 Å². The van der Waals surface area contributed by atoms with E-state index in [1.165, 1.54) is 6.33 Å². The van der Waals surface area contributed by atoms with Gasteiger partial charge >= 0.3 is 0 Å². The Balaban J connectivity index is 2.03. The standard InChI is InChI=1S/C14H11N5O2/c1-20-12-6-9(21-5-4-15)2-3-10(12)13-18-11-7-16-8-17-14(11)19-13/h2-3,6-8H,5H2,1H3,(H,16,17,18,19). The molecule has 2 aromatic heterocycles. The number of H-pyrrole nitrogens is 1. The van der Waals surface area contributed by atoms with Crippen LogP contribution in [0.2, 0.25) is 0 Å². The number of nitrogens with one attached hydrogen (secondary N) is 1. The number of imidazole rings is 1. The van der Waals surface area contributed by atoms with E-state index in [4.69, 9.17) is 14.7 Å². The van der Waals surface area contributed by atoms with Gasteiger partial charge in [0.1, 0.15) is 35.2 Å². The van der Waals surface area contributed by atoms with Gasteiger partial charge in [0.2, 0.25) is 0 Å². The molecule has 21 heavy (non-hydrogen) atoms. The third-order valence-electron chi connectivity index (χ3n) is 2.89. The molecule has 0 spiro atoms. The number of hydrogen-bond acceptors (Lipinski definition) is 6. The number of fused-ring (bicyclic) bond motifs is 1. The summed E-state index contributed by atoms with van der Waals surface area (Å²) >= 11 is 0. The summed E-state index contributed by atoms with van der Waals surface area (Å²) in [5.41, 5.74) is 2.12. The molecule has 0 aliphatic carbocycles. The van der Waals surface area contributed by atoms with Crippen molar-refractivity contribution in [3.8, 4) is 29.0 Å². The van der Waals surface area contributed by atoms with E-state index in [0.717, 1.165) is 11.1 Å². The Labute approximate surface area is 120 Å². The van der Waals surface area contributed by atoms with Gasteiger partial charge in [-0.15, -0.1) is 0 Å². The smallest absolute Gasteiger partial charge is 0.181 e. The lowest BCUT2D eigenvalue weighted by Gasteiger charge is -2.08. The molecule has 104 valence electrons. The van der Waals surface area contributed by atoms with E-state index >= 15 is 0 Å². The lowest BCUT2D eigenvalue weighted by molar-refractivity contribution is 0.361. The average Bonchev–Trinajstić information content (AvgIpc) is 2.96. The maximum Gasteiger partial charge on any atom is 0.181 e. The summed E-state index contributed by atoms with van der Waals surface area (Å²) < 4.78 is 10.6. The minimum atomic E-state index is -0.0112. The number of ether oxygens (including phenoxy) is 2. The van der Waals surface area contributed by atoms with Crippen molar-refractivity contribution in [2.75, 3.05) is 13.7 Å². The second-order valence-electron chi connectivity index (χ2n) is 4.15. The second kappa shape index (κ2) is 5.46. The summed E-state index contributed by atoms with van der Waals surface area (Å²) in [6.45, 7) is -0.0112. The van der Waals surface area contributed by atoms with E-state index in [-0.39, 0.29) is 6.61 Å². The zero-order chi connectivity index (χ0) is 14.7. The van der Waals surface area contributed by atoms with Gasteiger partial charge in [-0.25, -0.2) is 15.0 Å². The molecule has 2 heterocycles. The third-order valence-corrected chi connectivity index (χ3v) is 2.89. The maximum atomic E-state index is 8.53. The number of nitrogens with zero attached hydrogens (tertiary/aromatic N) is 4. The van der Waals surface area contributed by atoms with Gasteiger partial charge in [-0.3, -0.25) is 0 Å². The Kier molecular flexibility index (Phi) is 3.35. The van der Waals surface area contributed by atoms with E-state index in [0.29, 0.717) is 23.0 Å². The lowest BCUT2D eigenvalue weighted by atomic mass is 10.2. The second-order valence-corrected chi connectivity index (χ2v) is 4.15. The van der Waals surface area contributed by atoms with E-state index in [1.54, 1.807) is 25.4 Å². The molecule has 7 heteroatoms. The van der Waals surface area contributed by atoms with Crippen LogP contribution in [0.5, 0.6) is 11.5 Å². The molecule has 0 fully saturated rings. The molecule has 1 N–H and O–H groups in total. The van der Waals surface area contributed by atoms with Crippen LogP contribution in [0.4, 0.5) is 0 Å². The molecule has 0 aliphatic rings. The Morgan fingerprint density at radius 2 is 2.29 bits per heavy atom. The van der Waals surface area contributed by atoms with E-state index in [1.807, 2.05) is 12.1 Å². The molecular formula is C14H11N5O2. The minimum absolute atomic E-state index is 0.0112. The molecule has 3 rings (SSSR count). The fraction of sp³-hybridized carbons (Fsp3) is 0.143. The molecule has 0 aliphatic heterocycles. The lowest BCUT2D eigenvalue weighted by Crippen LogP contribution is -1.95. The molecule has 0 radical (unpaired) electrons. The van der Waals surface area contributed by atoms with Crippen LogP contribution in [0.1, 0.15) is 0 Å².